The van der Waals surface area contributed by atoms with Gasteiger partial charge in [0.05, 0.1) is 13.2 Å². The van der Waals surface area contributed by atoms with Crippen LogP contribution in [-0.2, 0) is 6.42 Å². The number of hydrogen-bond acceptors (Lipinski definition) is 3. The number of aryl methyl sites for hydroxylation is 2. The average Bonchev–Trinajstić information content (AvgIpc) is 2.48. The maximum atomic E-state index is 10.4. The van der Waals surface area contributed by atoms with E-state index >= 15 is 0 Å². The van der Waals surface area contributed by atoms with Crippen molar-refractivity contribution in [3.63, 3.8) is 0 Å². The minimum atomic E-state index is -0.524. The summed E-state index contributed by atoms with van der Waals surface area (Å²) in [4.78, 5) is 4.09. The summed E-state index contributed by atoms with van der Waals surface area (Å²) in [5.74, 6) is 0.795. The Hall–Kier alpha value is -1.87. The molecule has 2 aromatic rings. The van der Waals surface area contributed by atoms with Crippen LogP contribution in [0.5, 0.6) is 5.75 Å². The Labute approximate surface area is 120 Å². The molecule has 106 valence electrons. The van der Waals surface area contributed by atoms with Gasteiger partial charge in [0, 0.05) is 18.0 Å². The van der Waals surface area contributed by atoms with Crippen LogP contribution in [0.2, 0.25) is 0 Å². The molecule has 1 aromatic heterocycles. The van der Waals surface area contributed by atoms with Crippen LogP contribution in [0, 0.1) is 13.8 Å². The summed E-state index contributed by atoms with van der Waals surface area (Å²) in [6, 6.07) is 7.92. The molecule has 0 radical (unpaired) electrons. The first-order valence-corrected chi connectivity index (χ1v) is 6.84. The maximum absolute atomic E-state index is 10.4. The Balaban J connectivity index is 2.13. The molecule has 0 amide bonds. The fourth-order valence-electron chi connectivity index (χ4n) is 2.35. The number of ether oxygens (including phenoxy) is 1. The quantitative estimate of drug-likeness (QED) is 0.906. The van der Waals surface area contributed by atoms with Crippen LogP contribution >= 0.6 is 0 Å². The van der Waals surface area contributed by atoms with Crippen LogP contribution in [0.4, 0.5) is 0 Å². The summed E-state index contributed by atoms with van der Waals surface area (Å²) in [5.41, 5.74) is 4.25. The van der Waals surface area contributed by atoms with Gasteiger partial charge in [0.1, 0.15) is 5.75 Å². The molecule has 1 N–H and O–H groups in total. The lowest BCUT2D eigenvalue weighted by Gasteiger charge is -2.18. The molecular weight excluding hydrogens is 250 g/mol. The van der Waals surface area contributed by atoms with Crippen molar-refractivity contribution in [2.24, 2.45) is 0 Å². The van der Waals surface area contributed by atoms with Gasteiger partial charge in [-0.3, -0.25) is 4.98 Å². The third-order valence-electron chi connectivity index (χ3n) is 3.70. The van der Waals surface area contributed by atoms with Crippen LogP contribution in [0.25, 0.3) is 0 Å². The Kier molecular flexibility index (Phi) is 4.74. The van der Waals surface area contributed by atoms with E-state index in [1.54, 1.807) is 13.3 Å². The van der Waals surface area contributed by atoms with E-state index in [4.69, 9.17) is 4.74 Å². The summed E-state index contributed by atoms with van der Waals surface area (Å²) in [6.07, 6.45) is 4.52. The predicted octanol–water partition coefficient (Wildman–Crippen LogP) is 3.37. The van der Waals surface area contributed by atoms with Crippen LogP contribution in [0.3, 0.4) is 0 Å². The Bertz CT molecular complexity index is 567. The zero-order valence-electron chi connectivity index (χ0n) is 12.3. The minimum Gasteiger partial charge on any atom is -0.496 e. The number of hydrogen-bond donors (Lipinski definition) is 1. The van der Waals surface area contributed by atoms with Crippen LogP contribution in [0.15, 0.2) is 36.7 Å². The van der Waals surface area contributed by atoms with E-state index < -0.39 is 6.10 Å². The number of aromatic nitrogens is 1. The summed E-state index contributed by atoms with van der Waals surface area (Å²) in [5, 5.41) is 10.4. The molecule has 0 spiro atoms. The monoisotopic (exact) mass is 271 g/mol. The number of aliphatic hydroxyl groups excluding tert-OH is 1. The van der Waals surface area contributed by atoms with Crippen molar-refractivity contribution in [3.8, 4) is 5.75 Å². The van der Waals surface area contributed by atoms with E-state index in [2.05, 4.69) is 4.98 Å². The largest absolute Gasteiger partial charge is 0.496 e. The molecule has 0 fully saturated rings. The van der Waals surface area contributed by atoms with Crippen molar-refractivity contribution in [2.45, 2.75) is 32.8 Å². The molecule has 1 aromatic carbocycles. The first-order valence-electron chi connectivity index (χ1n) is 6.84. The number of benzene rings is 1. The molecule has 0 aliphatic heterocycles. The second-order valence-electron chi connectivity index (χ2n) is 5.05. The highest BCUT2D eigenvalue weighted by molar-refractivity contribution is 5.46. The molecule has 0 aliphatic carbocycles. The molecule has 1 heterocycles. The van der Waals surface area contributed by atoms with E-state index in [-0.39, 0.29) is 0 Å². The van der Waals surface area contributed by atoms with E-state index in [0.717, 1.165) is 28.9 Å². The third-order valence-corrected chi connectivity index (χ3v) is 3.70. The van der Waals surface area contributed by atoms with Crippen molar-refractivity contribution in [1.29, 1.82) is 0 Å². The topological polar surface area (TPSA) is 42.4 Å². The fourth-order valence-corrected chi connectivity index (χ4v) is 2.35. The van der Waals surface area contributed by atoms with E-state index in [9.17, 15) is 5.11 Å². The first kappa shape index (κ1) is 14.5. The number of pyridine rings is 1. The number of rotatable bonds is 5. The van der Waals surface area contributed by atoms with Gasteiger partial charge in [-0.1, -0.05) is 18.2 Å². The molecule has 1 unspecified atom stereocenters. The summed E-state index contributed by atoms with van der Waals surface area (Å²) >= 11 is 0. The second-order valence-corrected chi connectivity index (χ2v) is 5.05. The third kappa shape index (κ3) is 3.17. The van der Waals surface area contributed by atoms with Crippen LogP contribution in [-0.4, -0.2) is 17.2 Å². The van der Waals surface area contributed by atoms with Crippen LogP contribution in [0.1, 0.15) is 34.8 Å². The van der Waals surface area contributed by atoms with Crippen molar-refractivity contribution in [3.05, 3.63) is 58.9 Å². The highest BCUT2D eigenvalue weighted by Crippen LogP contribution is 2.32. The highest BCUT2D eigenvalue weighted by atomic mass is 16.5. The Morgan fingerprint density at radius 2 is 2.05 bits per heavy atom. The lowest BCUT2D eigenvalue weighted by Crippen LogP contribution is -2.04. The highest BCUT2D eigenvalue weighted by Gasteiger charge is 2.16. The average molecular weight is 271 g/mol. The smallest absolute Gasteiger partial charge is 0.127 e. The van der Waals surface area contributed by atoms with E-state index in [1.165, 1.54) is 5.56 Å². The van der Waals surface area contributed by atoms with Gasteiger partial charge in [0.25, 0.3) is 0 Å². The maximum Gasteiger partial charge on any atom is 0.127 e. The molecule has 2 rings (SSSR count). The molecule has 3 heteroatoms. The lowest BCUT2D eigenvalue weighted by molar-refractivity contribution is 0.163. The van der Waals surface area contributed by atoms with Crippen molar-refractivity contribution in [2.75, 3.05) is 7.11 Å². The predicted molar refractivity (Wildman–Crippen MR) is 80.0 cm³/mol. The van der Waals surface area contributed by atoms with Gasteiger partial charge in [-0.25, -0.2) is 0 Å². The zero-order valence-corrected chi connectivity index (χ0v) is 12.3. The Morgan fingerprint density at radius 3 is 2.70 bits per heavy atom. The fraction of sp³-hybridized carbons (Fsp3) is 0.353. The molecular formula is C17H21NO2. The van der Waals surface area contributed by atoms with Crippen LogP contribution < -0.4 is 4.74 Å². The van der Waals surface area contributed by atoms with E-state index in [0.29, 0.717) is 6.42 Å². The standard InChI is InChI=1S/C17H21NO2/c1-12-6-8-15(17(20-3)13(12)2)16(19)9-7-14-5-4-10-18-11-14/h4-6,8,10-11,16,19H,7,9H2,1-3H3. The summed E-state index contributed by atoms with van der Waals surface area (Å²) < 4.78 is 5.46. The molecule has 3 nitrogen and oxygen atoms in total. The summed E-state index contributed by atoms with van der Waals surface area (Å²) in [6.45, 7) is 4.06. The summed E-state index contributed by atoms with van der Waals surface area (Å²) in [7, 11) is 1.65. The van der Waals surface area contributed by atoms with Gasteiger partial charge in [0.2, 0.25) is 0 Å². The normalized spacial score (nSPS) is 12.2. The Morgan fingerprint density at radius 1 is 1.25 bits per heavy atom. The van der Waals surface area contributed by atoms with Gasteiger partial charge in [-0.15, -0.1) is 0 Å². The molecule has 0 bridgehead atoms. The second kappa shape index (κ2) is 6.53. The SMILES string of the molecule is COc1c(C(O)CCc2cccnc2)ccc(C)c1C. The minimum absolute atomic E-state index is 0.524. The molecule has 20 heavy (non-hydrogen) atoms. The molecule has 0 saturated carbocycles. The van der Waals surface area contributed by atoms with Gasteiger partial charge >= 0.3 is 0 Å². The van der Waals surface area contributed by atoms with Crippen molar-refractivity contribution in [1.82, 2.24) is 4.98 Å². The van der Waals surface area contributed by atoms with Crippen molar-refractivity contribution < 1.29 is 9.84 Å². The van der Waals surface area contributed by atoms with E-state index in [1.807, 2.05) is 44.3 Å². The lowest BCUT2D eigenvalue weighted by atomic mass is 9.97. The zero-order chi connectivity index (χ0) is 14.5. The number of aliphatic hydroxyl groups is 1. The van der Waals surface area contributed by atoms with Gasteiger partial charge in [0.15, 0.2) is 0 Å². The van der Waals surface area contributed by atoms with Crippen molar-refractivity contribution >= 4 is 0 Å². The molecule has 0 aliphatic rings. The number of methoxy groups -OCH3 is 1. The molecule has 1 atom stereocenters. The van der Waals surface area contributed by atoms with Gasteiger partial charge in [-0.05, 0) is 49.4 Å². The first-order chi connectivity index (χ1) is 9.63. The van der Waals surface area contributed by atoms with Gasteiger partial charge < -0.3 is 9.84 Å². The molecule has 0 saturated heterocycles. The van der Waals surface area contributed by atoms with Gasteiger partial charge in [-0.2, -0.15) is 0 Å². The number of nitrogens with zero attached hydrogens (tertiary/aromatic N) is 1.